The van der Waals surface area contributed by atoms with Crippen LogP contribution in [0.2, 0.25) is 0 Å². The number of rotatable bonds is 9. The van der Waals surface area contributed by atoms with Crippen LogP contribution in [0, 0.1) is 0 Å². The van der Waals surface area contributed by atoms with Gasteiger partial charge in [0, 0.05) is 17.2 Å². The van der Waals surface area contributed by atoms with Crippen molar-refractivity contribution in [2.45, 2.75) is 6.61 Å². The molecule has 6 nitrogen and oxygen atoms in total. The monoisotopic (exact) mass is 392 g/mol. The van der Waals surface area contributed by atoms with E-state index >= 15 is 0 Å². The summed E-state index contributed by atoms with van der Waals surface area (Å²) in [6.07, 6.45) is 2.63. The summed E-state index contributed by atoms with van der Waals surface area (Å²) in [5, 5.41) is 0. The molecule has 0 radical (unpaired) electrons. The molecule has 148 valence electrons. The standard InChI is InChI=1S/C20H18F2O6/c1-25-16-8-9-18(26-2)14(11-16)5-10-19(24)27-12-17(23)13-3-6-15(7-4-13)28-20(21)22/h3-11,20H,12H2,1-2H3/b10-5-. The van der Waals surface area contributed by atoms with E-state index in [-0.39, 0.29) is 11.3 Å². The van der Waals surface area contributed by atoms with Crippen LogP contribution in [0.25, 0.3) is 6.08 Å². The second-order valence-electron chi connectivity index (χ2n) is 5.37. The molecule has 0 heterocycles. The van der Waals surface area contributed by atoms with Gasteiger partial charge < -0.3 is 18.9 Å². The van der Waals surface area contributed by atoms with Crippen LogP contribution in [0.5, 0.6) is 17.2 Å². The van der Waals surface area contributed by atoms with Crippen LogP contribution in [-0.4, -0.2) is 39.2 Å². The summed E-state index contributed by atoms with van der Waals surface area (Å²) < 4.78 is 43.6. The van der Waals surface area contributed by atoms with Gasteiger partial charge in [-0.3, -0.25) is 4.79 Å². The van der Waals surface area contributed by atoms with Crippen molar-refractivity contribution in [3.05, 3.63) is 59.7 Å². The van der Waals surface area contributed by atoms with Crippen LogP contribution in [0.4, 0.5) is 8.78 Å². The van der Waals surface area contributed by atoms with Gasteiger partial charge in [0.05, 0.1) is 14.2 Å². The summed E-state index contributed by atoms with van der Waals surface area (Å²) in [4.78, 5) is 23.9. The molecular formula is C20H18F2O6. The molecule has 2 aromatic rings. The third kappa shape index (κ3) is 6.08. The number of benzene rings is 2. The normalized spacial score (nSPS) is 10.8. The third-order valence-electron chi connectivity index (χ3n) is 3.58. The van der Waals surface area contributed by atoms with E-state index in [9.17, 15) is 18.4 Å². The van der Waals surface area contributed by atoms with Crippen molar-refractivity contribution in [3.8, 4) is 17.2 Å². The first-order valence-corrected chi connectivity index (χ1v) is 8.08. The van der Waals surface area contributed by atoms with Gasteiger partial charge in [-0.25, -0.2) is 4.79 Å². The second-order valence-corrected chi connectivity index (χ2v) is 5.37. The molecule has 0 atom stereocenters. The number of carbonyl (C=O) groups is 2. The van der Waals surface area contributed by atoms with E-state index in [1.54, 1.807) is 18.2 Å². The number of carbonyl (C=O) groups excluding carboxylic acids is 2. The summed E-state index contributed by atoms with van der Waals surface area (Å²) in [5.41, 5.74) is 0.799. The van der Waals surface area contributed by atoms with E-state index in [0.29, 0.717) is 17.1 Å². The highest BCUT2D eigenvalue weighted by molar-refractivity contribution is 5.99. The topological polar surface area (TPSA) is 71.1 Å². The molecule has 0 saturated heterocycles. The Morgan fingerprint density at radius 1 is 1.00 bits per heavy atom. The number of alkyl halides is 2. The predicted molar refractivity (Wildman–Crippen MR) is 96.9 cm³/mol. The number of Topliss-reactive ketones (excluding diaryl/α,β-unsaturated/α-hetero) is 1. The Bertz CT molecular complexity index is 846. The zero-order valence-electron chi connectivity index (χ0n) is 15.2. The van der Waals surface area contributed by atoms with E-state index in [0.717, 1.165) is 6.08 Å². The van der Waals surface area contributed by atoms with Crippen LogP contribution in [0.3, 0.4) is 0 Å². The molecular weight excluding hydrogens is 374 g/mol. The molecule has 0 aliphatic heterocycles. The van der Waals surface area contributed by atoms with Gasteiger partial charge in [0.15, 0.2) is 12.4 Å². The van der Waals surface area contributed by atoms with Gasteiger partial charge >= 0.3 is 12.6 Å². The van der Waals surface area contributed by atoms with Crippen molar-refractivity contribution < 1.29 is 37.3 Å². The third-order valence-corrected chi connectivity index (χ3v) is 3.58. The summed E-state index contributed by atoms with van der Waals surface area (Å²) >= 11 is 0. The zero-order chi connectivity index (χ0) is 20.5. The highest BCUT2D eigenvalue weighted by atomic mass is 19.3. The fourth-order valence-corrected chi connectivity index (χ4v) is 2.22. The minimum atomic E-state index is -2.95. The molecule has 8 heteroatoms. The number of ketones is 1. The number of hydrogen-bond acceptors (Lipinski definition) is 6. The van der Waals surface area contributed by atoms with Crippen molar-refractivity contribution in [1.29, 1.82) is 0 Å². The maximum absolute atomic E-state index is 12.1. The van der Waals surface area contributed by atoms with Gasteiger partial charge in [-0.15, -0.1) is 0 Å². The molecule has 0 N–H and O–H groups in total. The first-order chi connectivity index (χ1) is 13.4. The molecule has 0 bridgehead atoms. The van der Waals surface area contributed by atoms with Crippen molar-refractivity contribution in [2.24, 2.45) is 0 Å². The number of esters is 1. The Kier molecular flexibility index (Phi) is 7.50. The van der Waals surface area contributed by atoms with Crippen LogP contribution < -0.4 is 14.2 Å². The molecule has 0 saturated carbocycles. The average molecular weight is 392 g/mol. The maximum atomic E-state index is 12.1. The molecule has 0 aliphatic carbocycles. The molecule has 0 aliphatic rings. The summed E-state index contributed by atoms with van der Waals surface area (Å²) in [5.74, 6) is -0.158. The van der Waals surface area contributed by atoms with Gasteiger partial charge in [0.25, 0.3) is 0 Å². The highest BCUT2D eigenvalue weighted by Crippen LogP contribution is 2.25. The van der Waals surface area contributed by atoms with Gasteiger partial charge in [-0.05, 0) is 48.5 Å². The van der Waals surface area contributed by atoms with Gasteiger partial charge in [0.1, 0.15) is 17.2 Å². The van der Waals surface area contributed by atoms with Crippen molar-refractivity contribution in [2.75, 3.05) is 20.8 Å². The zero-order valence-corrected chi connectivity index (χ0v) is 15.2. The van der Waals surface area contributed by atoms with Crippen LogP contribution in [0.1, 0.15) is 15.9 Å². The Morgan fingerprint density at radius 2 is 1.68 bits per heavy atom. The Morgan fingerprint density at radius 3 is 2.29 bits per heavy atom. The molecule has 28 heavy (non-hydrogen) atoms. The van der Waals surface area contributed by atoms with Crippen LogP contribution >= 0.6 is 0 Å². The summed E-state index contributed by atoms with van der Waals surface area (Å²) in [6.45, 7) is -3.44. The quantitative estimate of drug-likeness (QED) is 0.368. The minimum absolute atomic E-state index is 0.0706. The van der Waals surface area contributed by atoms with E-state index in [1.807, 2.05) is 0 Å². The first-order valence-electron chi connectivity index (χ1n) is 8.08. The molecule has 0 spiro atoms. The highest BCUT2D eigenvalue weighted by Gasteiger charge is 2.10. The fraction of sp³-hybridized carbons (Fsp3) is 0.200. The van der Waals surface area contributed by atoms with E-state index in [4.69, 9.17) is 14.2 Å². The number of methoxy groups -OCH3 is 2. The fourth-order valence-electron chi connectivity index (χ4n) is 2.22. The predicted octanol–water partition coefficient (Wildman–Crippen LogP) is 3.74. The van der Waals surface area contributed by atoms with Crippen LogP contribution in [0.15, 0.2) is 48.5 Å². The lowest BCUT2D eigenvalue weighted by Crippen LogP contribution is -2.12. The van der Waals surface area contributed by atoms with Crippen molar-refractivity contribution >= 4 is 17.8 Å². The van der Waals surface area contributed by atoms with Gasteiger partial charge in [-0.2, -0.15) is 8.78 Å². The maximum Gasteiger partial charge on any atom is 0.387 e. The molecule has 0 amide bonds. The van der Waals surface area contributed by atoms with Crippen LogP contribution in [-0.2, 0) is 9.53 Å². The van der Waals surface area contributed by atoms with E-state index in [2.05, 4.69) is 4.74 Å². The number of ether oxygens (including phenoxy) is 4. The van der Waals surface area contributed by atoms with E-state index < -0.39 is 25.0 Å². The molecule has 2 rings (SSSR count). The lowest BCUT2D eigenvalue weighted by atomic mass is 10.1. The molecule has 0 unspecified atom stereocenters. The summed E-state index contributed by atoms with van der Waals surface area (Å²) in [6, 6.07) is 10.2. The molecule has 2 aromatic carbocycles. The molecule has 0 fully saturated rings. The minimum Gasteiger partial charge on any atom is -0.497 e. The Balaban J connectivity index is 1.93. The second kappa shape index (κ2) is 10.1. The number of hydrogen-bond donors (Lipinski definition) is 0. The largest absolute Gasteiger partial charge is 0.497 e. The Hall–Kier alpha value is -3.42. The van der Waals surface area contributed by atoms with Crippen molar-refractivity contribution in [3.63, 3.8) is 0 Å². The molecule has 0 aromatic heterocycles. The summed E-state index contributed by atoms with van der Waals surface area (Å²) in [7, 11) is 3.01. The first kappa shape index (κ1) is 20.9. The number of halogens is 2. The smallest absolute Gasteiger partial charge is 0.387 e. The van der Waals surface area contributed by atoms with Gasteiger partial charge in [-0.1, -0.05) is 0 Å². The van der Waals surface area contributed by atoms with Gasteiger partial charge in [0.2, 0.25) is 0 Å². The Labute approximate surface area is 160 Å². The average Bonchev–Trinajstić information content (AvgIpc) is 2.70. The SMILES string of the molecule is COc1ccc(OC)c(/C=C\C(=O)OCC(=O)c2ccc(OC(F)F)cc2)c1. The van der Waals surface area contributed by atoms with Crippen molar-refractivity contribution in [1.82, 2.24) is 0 Å². The van der Waals surface area contributed by atoms with E-state index in [1.165, 1.54) is 44.6 Å². The lowest BCUT2D eigenvalue weighted by molar-refractivity contribution is -0.136. The lowest BCUT2D eigenvalue weighted by Gasteiger charge is -2.07.